The third kappa shape index (κ3) is 2.39. The van der Waals surface area contributed by atoms with Crippen LogP contribution in [-0.4, -0.2) is 15.0 Å². The summed E-state index contributed by atoms with van der Waals surface area (Å²) < 4.78 is 45.3. The van der Waals surface area contributed by atoms with Crippen LogP contribution in [0.4, 0.5) is 4.39 Å². The number of hydrogen-bond acceptors (Lipinski definition) is 3. The Morgan fingerprint density at radius 2 is 1.80 bits per heavy atom. The Hall–Kier alpha value is -1.92. The Morgan fingerprint density at radius 1 is 1.10 bits per heavy atom. The van der Waals surface area contributed by atoms with Gasteiger partial charge in [0, 0.05) is 5.56 Å². The lowest BCUT2D eigenvalue weighted by molar-refractivity contribution is 0.325. The van der Waals surface area contributed by atoms with Gasteiger partial charge < -0.3 is 4.74 Å². The average Bonchev–Trinajstić information content (AvgIpc) is 2.82. The van der Waals surface area contributed by atoms with Crippen LogP contribution in [0.5, 0.6) is 5.75 Å². The van der Waals surface area contributed by atoms with Crippen molar-refractivity contribution in [2.75, 3.05) is 6.61 Å². The first kappa shape index (κ1) is 13.1. The van der Waals surface area contributed by atoms with E-state index in [1.54, 1.807) is 6.07 Å². The van der Waals surface area contributed by atoms with Crippen LogP contribution >= 0.6 is 0 Å². The average molecular weight is 293 g/mol. The largest absolute Gasteiger partial charge is 0.491 e. The van der Waals surface area contributed by atoms with Crippen LogP contribution in [0.1, 0.15) is 11.6 Å². The third-order valence-corrected chi connectivity index (χ3v) is 4.61. The van der Waals surface area contributed by atoms with Crippen LogP contribution in [-0.2, 0) is 10.0 Å². The van der Waals surface area contributed by atoms with Gasteiger partial charge in [-0.3, -0.25) is 0 Å². The summed E-state index contributed by atoms with van der Waals surface area (Å²) in [4.78, 5) is 0.0308. The van der Waals surface area contributed by atoms with Crippen LogP contribution in [0, 0.1) is 5.82 Å². The van der Waals surface area contributed by atoms with Gasteiger partial charge >= 0.3 is 0 Å². The monoisotopic (exact) mass is 293 g/mol. The molecule has 0 aromatic heterocycles. The summed E-state index contributed by atoms with van der Waals surface area (Å²) in [5.74, 6) is 0.206. The quantitative estimate of drug-likeness (QED) is 0.944. The van der Waals surface area contributed by atoms with Crippen molar-refractivity contribution in [3.63, 3.8) is 0 Å². The van der Waals surface area contributed by atoms with E-state index in [0.717, 1.165) is 17.7 Å². The van der Waals surface area contributed by atoms with E-state index in [2.05, 4.69) is 4.72 Å². The summed E-state index contributed by atoms with van der Waals surface area (Å²) in [7, 11) is -3.70. The van der Waals surface area contributed by atoms with E-state index in [9.17, 15) is 12.8 Å². The summed E-state index contributed by atoms with van der Waals surface area (Å²) in [6, 6.07) is 11.5. The van der Waals surface area contributed by atoms with Crippen molar-refractivity contribution in [3.8, 4) is 5.75 Å². The van der Waals surface area contributed by atoms with Gasteiger partial charge in [-0.2, -0.15) is 0 Å². The van der Waals surface area contributed by atoms with E-state index in [0.29, 0.717) is 5.75 Å². The van der Waals surface area contributed by atoms with Gasteiger partial charge in [-0.25, -0.2) is 17.5 Å². The minimum Gasteiger partial charge on any atom is -0.491 e. The molecule has 4 nitrogen and oxygen atoms in total. The molecule has 1 N–H and O–H groups in total. The molecule has 0 fully saturated rings. The maximum absolute atomic E-state index is 12.8. The number of nitrogens with one attached hydrogen (secondary N) is 1. The predicted molar refractivity (Wildman–Crippen MR) is 71.4 cm³/mol. The first-order valence-corrected chi connectivity index (χ1v) is 7.54. The number of halogens is 1. The van der Waals surface area contributed by atoms with E-state index < -0.39 is 21.9 Å². The Kier molecular flexibility index (Phi) is 3.19. The second-order valence-corrected chi connectivity index (χ2v) is 6.19. The van der Waals surface area contributed by atoms with Crippen molar-refractivity contribution in [2.45, 2.75) is 10.9 Å². The zero-order chi connectivity index (χ0) is 14.2. The lowest BCUT2D eigenvalue weighted by Gasteiger charge is -2.12. The molecule has 6 heteroatoms. The lowest BCUT2D eigenvalue weighted by Crippen LogP contribution is -2.29. The molecule has 20 heavy (non-hydrogen) atoms. The number of para-hydroxylation sites is 1. The van der Waals surface area contributed by atoms with E-state index in [1.165, 1.54) is 12.1 Å². The summed E-state index contributed by atoms with van der Waals surface area (Å²) in [6.07, 6.45) is 0. The number of benzene rings is 2. The highest BCUT2D eigenvalue weighted by atomic mass is 32.2. The van der Waals surface area contributed by atoms with Gasteiger partial charge in [-0.05, 0) is 30.3 Å². The Balaban J connectivity index is 1.86. The first-order valence-electron chi connectivity index (χ1n) is 6.06. The molecule has 1 aliphatic heterocycles. The Morgan fingerprint density at radius 3 is 2.55 bits per heavy atom. The highest BCUT2D eigenvalue weighted by Crippen LogP contribution is 2.32. The molecule has 0 bridgehead atoms. The van der Waals surface area contributed by atoms with E-state index in [-0.39, 0.29) is 11.5 Å². The first-order chi connectivity index (χ1) is 9.56. The molecule has 2 aromatic carbocycles. The van der Waals surface area contributed by atoms with Crippen LogP contribution in [0.25, 0.3) is 0 Å². The van der Waals surface area contributed by atoms with Crippen LogP contribution in [0.3, 0.4) is 0 Å². The number of ether oxygens (including phenoxy) is 1. The highest BCUT2D eigenvalue weighted by molar-refractivity contribution is 7.89. The van der Waals surface area contributed by atoms with Crippen LogP contribution in [0.15, 0.2) is 53.4 Å². The van der Waals surface area contributed by atoms with Crippen molar-refractivity contribution in [1.29, 1.82) is 0 Å². The minimum absolute atomic E-state index is 0.0308. The number of fused-ring (bicyclic) bond motifs is 1. The standard InChI is InChI=1S/C14H12FNO3S/c15-10-5-7-11(8-6-10)20(17,18)16-13-9-19-14-4-2-1-3-12(13)14/h1-8,13,16H,9H2. The molecule has 104 valence electrons. The molecule has 1 atom stereocenters. The molecule has 0 spiro atoms. The summed E-state index contributed by atoms with van der Waals surface area (Å²) in [5.41, 5.74) is 0.804. The third-order valence-electron chi connectivity index (χ3n) is 3.12. The molecule has 2 aromatic rings. The van der Waals surface area contributed by atoms with Gasteiger partial charge in [0.05, 0.1) is 10.9 Å². The molecule has 0 aliphatic carbocycles. The summed E-state index contributed by atoms with van der Waals surface area (Å²) >= 11 is 0. The van der Waals surface area contributed by atoms with Gasteiger partial charge in [0.2, 0.25) is 10.0 Å². The zero-order valence-corrected chi connectivity index (χ0v) is 11.2. The number of rotatable bonds is 3. The summed E-state index contributed by atoms with van der Waals surface area (Å²) in [6.45, 7) is 0.250. The Bertz CT molecular complexity index is 728. The molecule has 1 heterocycles. The fourth-order valence-corrected chi connectivity index (χ4v) is 3.33. The van der Waals surface area contributed by atoms with Gasteiger partial charge in [-0.15, -0.1) is 0 Å². The molecular formula is C14H12FNO3S. The lowest BCUT2D eigenvalue weighted by atomic mass is 10.1. The molecule has 1 aliphatic rings. The smallest absolute Gasteiger partial charge is 0.241 e. The van der Waals surface area contributed by atoms with Gasteiger partial charge in [0.1, 0.15) is 18.2 Å². The molecule has 0 amide bonds. The number of sulfonamides is 1. The molecule has 1 unspecified atom stereocenters. The fourth-order valence-electron chi connectivity index (χ4n) is 2.13. The zero-order valence-electron chi connectivity index (χ0n) is 10.4. The minimum atomic E-state index is -3.70. The van der Waals surface area contributed by atoms with Crippen molar-refractivity contribution < 1.29 is 17.5 Å². The van der Waals surface area contributed by atoms with Crippen molar-refractivity contribution in [1.82, 2.24) is 4.72 Å². The van der Waals surface area contributed by atoms with Crippen LogP contribution < -0.4 is 9.46 Å². The van der Waals surface area contributed by atoms with Crippen molar-refractivity contribution >= 4 is 10.0 Å². The van der Waals surface area contributed by atoms with E-state index in [4.69, 9.17) is 4.74 Å². The molecule has 0 radical (unpaired) electrons. The van der Waals surface area contributed by atoms with Crippen LogP contribution in [0.2, 0.25) is 0 Å². The molecule has 3 rings (SSSR count). The summed E-state index contributed by atoms with van der Waals surface area (Å²) in [5, 5.41) is 0. The second-order valence-electron chi connectivity index (χ2n) is 4.48. The van der Waals surface area contributed by atoms with Gasteiger partial charge in [0.15, 0.2) is 0 Å². The highest BCUT2D eigenvalue weighted by Gasteiger charge is 2.28. The molecular weight excluding hydrogens is 281 g/mol. The Labute approximate surface area is 116 Å². The maximum Gasteiger partial charge on any atom is 0.241 e. The van der Waals surface area contributed by atoms with Crippen molar-refractivity contribution in [3.05, 3.63) is 59.9 Å². The molecule has 0 saturated heterocycles. The van der Waals surface area contributed by atoms with Gasteiger partial charge in [0.25, 0.3) is 0 Å². The van der Waals surface area contributed by atoms with E-state index in [1.807, 2.05) is 18.2 Å². The van der Waals surface area contributed by atoms with Gasteiger partial charge in [-0.1, -0.05) is 18.2 Å². The van der Waals surface area contributed by atoms with E-state index >= 15 is 0 Å². The fraction of sp³-hybridized carbons (Fsp3) is 0.143. The second kappa shape index (κ2) is 4.88. The topological polar surface area (TPSA) is 55.4 Å². The maximum atomic E-state index is 12.8. The number of hydrogen-bond donors (Lipinski definition) is 1. The predicted octanol–water partition coefficient (Wildman–Crippen LogP) is 2.24. The SMILES string of the molecule is O=S(=O)(NC1COc2ccccc21)c1ccc(F)cc1. The molecule has 0 saturated carbocycles. The van der Waals surface area contributed by atoms with Crippen molar-refractivity contribution in [2.24, 2.45) is 0 Å². The normalized spacial score (nSPS) is 17.6.